The molecule has 1 unspecified atom stereocenters. The quantitative estimate of drug-likeness (QED) is 0.944. The number of likely N-dealkylation sites (tertiary alicyclic amines) is 1. The van der Waals surface area contributed by atoms with Gasteiger partial charge in [-0.05, 0) is 25.5 Å². The minimum Gasteiger partial charge on any atom is -0.302 e. The lowest BCUT2D eigenvalue weighted by Gasteiger charge is -2.15. The van der Waals surface area contributed by atoms with Gasteiger partial charge in [-0.2, -0.15) is 0 Å². The van der Waals surface area contributed by atoms with Gasteiger partial charge >= 0.3 is 0 Å². The number of amides is 1. The number of nitrogens with one attached hydrogen (secondary N) is 1. The SMILES string of the molecule is Cc1csc(NC(=O)C2CCN(Cc3ccccc3)C2)n1. The first-order valence-corrected chi connectivity index (χ1v) is 8.08. The summed E-state index contributed by atoms with van der Waals surface area (Å²) >= 11 is 1.48. The fraction of sp³-hybridized carbons (Fsp3) is 0.375. The van der Waals surface area contributed by atoms with Crippen LogP contribution in [0.5, 0.6) is 0 Å². The number of nitrogens with zero attached hydrogens (tertiary/aromatic N) is 2. The third kappa shape index (κ3) is 3.68. The third-order valence-corrected chi connectivity index (χ3v) is 4.62. The molecule has 1 aliphatic heterocycles. The van der Waals surface area contributed by atoms with Crippen molar-refractivity contribution in [2.24, 2.45) is 5.92 Å². The molecule has 110 valence electrons. The maximum atomic E-state index is 12.3. The molecule has 2 heterocycles. The van der Waals surface area contributed by atoms with Crippen LogP contribution in [0.1, 0.15) is 17.7 Å². The van der Waals surface area contributed by atoms with E-state index in [0.29, 0.717) is 5.13 Å². The van der Waals surface area contributed by atoms with E-state index in [9.17, 15) is 4.79 Å². The first kappa shape index (κ1) is 14.2. The second-order valence-corrected chi connectivity index (χ2v) is 6.35. The van der Waals surface area contributed by atoms with E-state index in [1.807, 2.05) is 18.4 Å². The van der Waals surface area contributed by atoms with Gasteiger partial charge in [-0.15, -0.1) is 11.3 Å². The summed E-state index contributed by atoms with van der Waals surface area (Å²) in [5.74, 6) is 0.165. The lowest BCUT2D eigenvalue weighted by atomic mass is 10.1. The molecule has 1 saturated heterocycles. The van der Waals surface area contributed by atoms with Crippen molar-refractivity contribution < 1.29 is 4.79 Å². The highest BCUT2D eigenvalue weighted by molar-refractivity contribution is 7.13. The first-order chi connectivity index (χ1) is 10.2. The smallest absolute Gasteiger partial charge is 0.230 e. The molecule has 0 bridgehead atoms. The van der Waals surface area contributed by atoms with Gasteiger partial charge in [-0.25, -0.2) is 4.98 Å². The minimum absolute atomic E-state index is 0.0675. The van der Waals surface area contributed by atoms with Crippen LogP contribution in [0.15, 0.2) is 35.7 Å². The number of benzene rings is 1. The van der Waals surface area contributed by atoms with E-state index in [2.05, 4.69) is 39.5 Å². The number of anilines is 1. The molecule has 1 amide bonds. The minimum atomic E-state index is 0.0675. The normalized spacial score (nSPS) is 18.8. The Bertz CT molecular complexity index is 611. The van der Waals surface area contributed by atoms with Gasteiger partial charge in [0.2, 0.25) is 5.91 Å². The van der Waals surface area contributed by atoms with Crippen molar-refractivity contribution in [3.63, 3.8) is 0 Å². The van der Waals surface area contributed by atoms with E-state index in [4.69, 9.17) is 0 Å². The molecule has 0 aliphatic carbocycles. The fourth-order valence-corrected chi connectivity index (χ4v) is 3.34. The topological polar surface area (TPSA) is 45.2 Å². The number of hydrogen-bond acceptors (Lipinski definition) is 4. The van der Waals surface area contributed by atoms with Crippen LogP contribution in [-0.2, 0) is 11.3 Å². The van der Waals surface area contributed by atoms with Gasteiger partial charge in [-0.3, -0.25) is 9.69 Å². The Morgan fingerprint density at radius 3 is 2.95 bits per heavy atom. The summed E-state index contributed by atoms with van der Waals surface area (Å²) in [6.45, 7) is 4.65. The molecule has 21 heavy (non-hydrogen) atoms. The highest BCUT2D eigenvalue weighted by atomic mass is 32.1. The van der Waals surface area contributed by atoms with Gasteiger partial charge in [0.15, 0.2) is 5.13 Å². The number of carbonyl (C=O) groups excluding carboxylic acids is 1. The summed E-state index contributed by atoms with van der Waals surface area (Å²) in [7, 11) is 0. The fourth-order valence-electron chi connectivity index (χ4n) is 2.65. The molecule has 4 nitrogen and oxygen atoms in total. The number of rotatable bonds is 4. The van der Waals surface area contributed by atoms with Gasteiger partial charge < -0.3 is 5.32 Å². The molecule has 2 aromatic rings. The van der Waals surface area contributed by atoms with Crippen LogP contribution in [0.3, 0.4) is 0 Å². The Hall–Kier alpha value is -1.72. The largest absolute Gasteiger partial charge is 0.302 e. The Kier molecular flexibility index (Phi) is 4.31. The zero-order chi connectivity index (χ0) is 14.7. The summed E-state index contributed by atoms with van der Waals surface area (Å²) in [6.07, 6.45) is 0.920. The van der Waals surface area contributed by atoms with E-state index in [0.717, 1.165) is 31.7 Å². The molecule has 0 saturated carbocycles. The maximum Gasteiger partial charge on any atom is 0.230 e. The number of aryl methyl sites for hydroxylation is 1. The van der Waals surface area contributed by atoms with E-state index >= 15 is 0 Å². The van der Waals surface area contributed by atoms with Crippen LogP contribution in [-0.4, -0.2) is 28.9 Å². The standard InChI is InChI=1S/C16H19N3OS/c1-12-11-21-16(17-12)18-15(20)14-7-8-19(10-14)9-13-5-3-2-4-6-13/h2-6,11,14H,7-10H2,1H3,(H,17,18,20). The molecule has 1 N–H and O–H groups in total. The van der Waals surface area contributed by atoms with Crippen LogP contribution in [0.4, 0.5) is 5.13 Å². The van der Waals surface area contributed by atoms with Crippen LogP contribution >= 0.6 is 11.3 Å². The van der Waals surface area contributed by atoms with Gasteiger partial charge in [0.1, 0.15) is 0 Å². The van der Waals surface area contributed by atoms with Crippen LogP contribution in [0.2, 0.25) is 0 Å². The molecular weight excluding hydrogens is 282 g/mol. The zero-order valence-corrected chi connectivity index (χ0v) is 12.9. The van der Waals surface area contributed by atoms with E-state index in [1.54, 1.807) is 0 Å². The highest BCUT2D eigenvalue weighted by Crippen LogP contribution is 2.21. The lowest BCUT2D eigenvalue weighted by molar-refractivity contribution is -0.119. The molecule has 1 fully saturated rings. The van der Waals surface area contributed by atoms with Crippen molar-refractivity contribution >= 4 is 22.4 Å². The predicted molar refractivity (Wildman–Crippen MR) is 85.3 cm³/mol. The molecule has 1 aromatic carbocycles. The summed E-state index contributed by atoms with van der Waals surface area (Å²) in [5.41, 5.74) is 2.25. The summed E-state index contributed by atoms with van der Waals surface area (Å²) in [5, 5.41) is 5.59. The molecule has 5 heteroatoms. The second-order valence-electron chi connectivity index (χ2n) is 5.49. The maximum absolute atomic E-state index is 12.3. The first-order valence-electron chi connectivity index (χ1n) is 7.20. The molecule has 1 atom stereocenters. The molecule has 3 rings (SSSR count). The van der Waals surface area contributed by atoms with Crippen LogP contribution in [0.25, 0.3) is 0 Å². The van der Waals surface area contributed by atoms with Gasteiger partial charge in [0.05, 0.1) is 11.6 Å². The monoisotopic (exact) mass is 301 g/mol. The Morgan fingerprint density at radius 2 is 2.24 bits per heavy atom. The summed E-state index contributed by atoms with van der Waals surface area (Å²) in [6, 6.07) is 10.4. The number of hydrogen-bond donors (Lipinski definition) is 1. The second kappa shape index (κ2) is 6.37. The Labute approximate surface area is 128 Å². The molecule has 1 aromatic heterocycles. The summed E-state index contributed by atoms with van der Waals surface area (Å²) in [4.78, 5) is 18.9. The van der Waals surface area contributed by atoms with Crippen molar-refractivity contribution in [1.29, 1.82) is 0 Å². The number of carbonyl (C=O) groups is 1. The molecule has 0 radical (unpaired) electrons. The molecule has 1 aliphatic rings. The van der Waals surface area contributed by atoms with Gasteiger partial charge in [0.25, 0.3) is 0 Å². The Morgan fingerprint density at radius 1 is 1.43 bits per heavy atom. The van der Waals surface area contributed by atoms with Crippen LogP contribution < -0.4 is 5.32 Å². The van der Waals surface area contributed by atoms with Crippen molar-refractivity contribution in [2.75, 3.05) is 18.4 Å². The van der Waals surface area contributed by atoms with E-state index in [-0.39, 0.29) is 11.8 Å². The number of thiazole rings is 1. The van der Waals surface area contributed by atoms with Crippen molar-refractivity contribution in [2.45, 2.75) is 19.9 Å². The molecule has 0 spiro atoms. The molecular formula is C16H19N3OS. The van der Waals surface area contributed by atoms with Gasteiger partial charge in [-0.1, -0.05) is 30.3 Å². The lowest BCUT2D eigenvalue weighted by Crippen LogP contribution is -2.26. The van der Waals surface area contributed by atoms with E-state index in [1.165, 1.54) is 16.9 Å². The Balaban J connectivity index is 1.53. The van der Waals surface area contributed by atoms with Crippen molar-refractivity contribution in [1.82, 2.24) is 9.88 Å². The van der Waals surface area contributed by atoms with Crippen LogP contribution in [0, 0.1) is 12.8 Å². The highest BCUT2D eigenvalue weighted by Gasteiger charge is 2.28. The average Bonchev–Trinajstić information content (AvgIpc) is 3.09. The summed E-state index contributed by atoms with van der Waals surface area (Å²) < 4.78 is 0. The average molecular weight is 301 g/mol. The predicted octanol–water partition coefficient (Wildman–Crippen LogP) is 2.91. The van der Waals surface area contributed by atoms with E-state index < -0.39 is 0 Å². The van der Waals surface area contributed by atoms with Crippen molar-refractivity contribution in [3.05, 3.63) is 47.0 Å². The third-order valence-electron chi connectivity index (χ3n) is 3.74. The van der Waals surface area contributed by atoms with Crippen molar-refractivity contribution in [3.8, 4) is 0 Å². The number of aromatic nitrogens is 1. The van der Waals surface area contributed by atoms with Gasteiger partial charge in [0, 0.05) is 18.5 Å². The zero-order valence-electron chi connectivity index (χ0n) is 12.1.